The molecule has 0 aromatic carbocycles. The molecule has 1 aliphatic rings. The third-order valence-corrected chi connectivity index (χ3v) is 3.14. The minimum atomic E-state index is -0.601. The Bertz CT molecular complexity index is 429. The average Bonchev–Trinajstić information content (AvgIpc) is 2.23. The number of piperidine rings is 1. The van der Waals surface area contributed by atoms with E-state index in [0.29, 0.717) is 31.7 Å². The molecule has 0 aliphatic carbocycles. The van der Waals surface area contributed by atoms with Gasteiger partial charge >= 0.3 is 0 Å². The van der Waals surface area contributed by atoms with Crippen molar-refractivity contribution in [2.45, 2.75) is 25.4 Å². The van der Waals surface area contributed by atoms with Crippen molar-refractivity contribution in [3.05, 3.63) is 22.7 Å². The number of rotatable bonds is 1. The highest BCUT2D eigenvalue weighted by Crippen LogP contribution is 2.22. The largest absolute Gasteiger partial charge is 0.390 e. The van der Waals surface area contributed by atoms with Gasteiger partial charge in [0.15, 0.2) is 5.82 Å². The maximum Gasteiger partial charge on any atom is 0.293 e. The van der Waals surface area contributed by atoms with Gasteiger partial charge in [0, 0.05) is 32.5 Å². The van der Waals surface area contributed by atoms with Crippen LogP contribution in [0.1, 0.15) is 19.8 Å². The number of aliphatic hydroxyl groups is 1. The minimum absolute atomic E-state index is 0.0796. The summed E-state index contributed by atoms with van der Waals surface area (Å²) in [6, 6.07) is 0. The van der Waals surface area contributed by atoms with Gasteiger partial charge in [0.05, 0.1) is 5.60 Å². The Kier molecular flexibility index (Phi) is 2.71. The first-order valence-corrected chi connectivity index (χ1v) is 5.49. The Morgan fingerprint density at radius 3 is 2.69 bits per heavy atom. The third kappa shape index (κ3) is 2.09. The van der Waals surface area contributed by atoms with Crippen molar-refractivity contribution in [1.82, 2.24) is 9.55 Å². The van der Waals surface area contributed by atoms with Crippen molar-refractivity contribution in [2.24, 2.45) is 7.05 Å². The molecule has 88 valence electrons. The SMILES string of the molecule is Cn1ccnc(N2CCC(C)(O)CC2)c1=O. The number of hydrogen-bond donors (Lipinski definition) is 1. The summed E-state index contributed by atoms with van der Waals surface area (Å²) in [4.78, 5) is 17.9. The second kappa shape index (κ2) is 3.90. The summed E-state index contributed by atoms with van der Waals surface area (Å²) >= 11 is 0. The molecule has 2 rings (SSSR count). The number of anilines is 1. The molecule has 1 aliphatic heterocycles. The van der Waals surface area contributed by atoms with Gasteiger partial charge in [-0.05, 0) is 19.8 Å². The van der Waals surface area contributed by atoms with Crippen molar-refractivity contribution in [3.63, 3.8) is 0 Å². The molecule has 5 nitrogen and oxygen atoms in total. The fourth-order valence-corrected chi connectivity index (χ4v) is 1.90. The summed E-state index contributed by atoms with van der Waals surface area (Å²) in [5.41, 5.74) is -0.680. The van der Waals surface area contributed by atoms with E-state index >= 15 is 0 Å². The fourth-order valence-electron chi connectivity index (χ4n) is 1.90. The molecule has 2 heterocycles. The molecule has 5 heteroatoms. The van der Waals surface area contributed by atoms with Gasteiger partial charge in [0.2, 0.25) is 0 Å². The van der Waals surface area contributed by atoms with E-state index in [4.69, 9.17) is 0 Å². The van der Waals surface area contributed by atoms with Gasteiger partial charge in [0.25, 0.3) is 5.56 Å². The summed E-state index contributed by atoms with van der Waals surface area (Å²) in [5.74, 6) is 0.487. The van der Waals surface area contributed by atoms with Gasteiger partial charge < -0.3 is 14.6 Å². The molecule has 0 amide bonds. The smallest absolute Gasteiger partial charge is 0.293 e. The fraction of sp³-hybridized carbons (Fsp3) is 0.636. The first-order valence-electron chi connectivity index (χ1n) is 5.49. The van der Waals surface area contributed by atoms with Crippen LogP contribution < -0.4 is 10.5 Å². The van der Waals surface area contributed by atoms with Crippen LogP contribution in [0.5, 0.6) is 0 Å². The monoisotopic (exact) mass is 223 g/mol. The lowest BCUT2D eigenvalue weighted by atomic mass is 9.94. The Morgan fingerprint density at radius 2 is 2.06 bits per heavy atom. The molecule has 1 aromatic rings. The lowest BCUT2D eigenvalue weighted by molar-refractivity contribution is 0.0349. The van der Waals surface area contributed by atoms with Gasteiger partial charge in [-0.2, -0.15) is 0 Å². The summed E-state index contributed by atoms with van der Waals surface area (Å²) in [6.45, 7) is 3.19. The Hall–Kier alpha value is -1.36. The normalized spacial score (nSPS) is 19.8. The number of nitrogens with zero attached hydrogens (tertiary/aromatic N) is 3. The summed E-state index contributed by atoms with van der Waals surface area (Å²) in [6.07, 6.45) is 4.62. The molecule has 0 unspecified atom stereocenters. The number of hydrogen-bond acceptors (Lipinski definition) is 4. The van der Waals surface area contributed by atoms with Gasteiger partial charge in [-0.25, -0.2) is 4.98 Å². The zero-order valence-electron chi connectivity index (χ0n) is 9.68. The van der Waals surface area contributed by atoms with E-state index in [0.717, 1.165) is 0 Å². The zero-order valence-corrected chi connectivity index (χ0v) is 9.68. The molecule has 1 aromatic heterocycles. The number of aryl methyl sites for hydroxylation is 1. The predicted octanol–water partition coefficient (Wildman–Crippen LogP) is 0.131. The van der Waals surface area contributed by atoms with Gasteiger partial charge in [-0.3, -0.25) is 4.79 Å². The van der Waals surface area contributed by atoms with Crippen molar-refractivity contribution in [1.29, 1.82) is 0 Å². The van der Waals surface area contributed by atoms with E-state index in [9.17, 15) is 9.90 Å². The van der Waals surface area contributed by atoms with Gasteiger partial charge in [-0.15, -0.1) is 0 Å². The second-order valence-electron chi connectivity index (χ2n) is 4.65. The van der Waals surface area contributed by atoms with E-state index < -0.39 is 5.60 Å². The van der Waals surface area contributed by atoms with E-state index in [2.05, 4.69) is 4.98 Å². The maximum absolute atomic E-state index is 11.8. The molecule has 0 atom stereocenters. The zero-order chi connectivity index (χ0) is 11.8. The van der Waals surface area contributed by atoms with Gasteiger partial charge in [-0.1, -0.05) is 0 Å². The van der Waals surface area contributed by atoms with E-state index in [1.165, 1.54) is 4.57 Å². The highest BCUT2D eigenvalue weighted by Gasteiger charge is 2.28. The molecule has 1 N–H and O–H groups in total. The summed E-state index contributed by atoms with van der Waals surface area (Å²) < 4.78 is 1.52. The molecule has 1 fully saturated rings. The van der Waals surface area contributed by atoms with Crippen LogP contribution in [0.3, 0.4) is 0 Å². The van der Waals surface area contributed by atoms with Crippen molar-refractivity contribution < 1.29 is 5.11 Å². The van der Waals surface area contributed by atoms with Crippen LogP contribution in [-0.4, -0.2) is 33.3 Å². The Balaban J connectivity index is 2.21. The van der Waals surface area contributed by atoms with Crippen LogP contribution in [0.25, 0.3) is 0 Å². The predicted molar refractivity (Wildman–Crippen MR) is 61.5 cm³/mol. The van der Waals surface area contributed by atoms with Gasteiger partial charge in [0.1, 0.15) is 0 Å². The van der Waals surface area contributed by atoms with Crippen LogP contribution in [0.2, 0.25) is 0 Å². The molecular weight excluding hydrogens is 206 g/mol. The summed E-state index contributed by atoms with van der Waals surface area (Å²) in [5, 5.41) is 9.83. The van der Waals surface area contributed by atoms with Crippen LogP contribution in [0.15, 0.2) is 17.2 Å². The Morgan fingerprint density at radius 1 is 1.44 bits per heavy atom. The third-order valence-electron chi connectivity index (χ3n) is 3.14. The van der Waals surface area contributed by atoms with Crippen LogP contribution in [0, 0.1) is 0 Å². The lowest BCUT2D eigenvalue weighted by Gasteiger charge is -2.36. The lowest BCUT2D eigenvalue weighted by Crippen LogP contribution is -2.45. The molecule has 1 saturated heterocycles. The van der Waals surface area contributed by atoms with Crippen LogP contribution in [-0.2, 0) is 7.05 Å². The molecule has 0 saturated carbocycles. The topological polar surface area (TPSA) is 58.4 Å². The summed E-state index contributed by atoms with van der Waals surface area (Å²) in [7, 11) is 1.72. The standard InChI is InChI=1S/C11H17N3O2/c1-11(16)3-6-14(7-4-11)9-10(15)13(2)8-5-12-9/h5,8,16H,3-4,6-7H2,1-2H3. The van der Waals surface area contributed by atoms with E-state index in [1.54, 1.807) is 19.4 Å². The maximum atomic E-state index is 11.8. The van der Waals surface area contributed by atoms with Crippen LogP contribution >= 0.6 is 0 Å². The van der Waals surface area contributed by atoms with Crippen LogP contribution in [0.4, 0.5) is 5.82 Å². The van der Waals surface area contributed by atoms with Crippen molar-refractivity contribution in [3.8, 4) is 0 Å². The number of aromatic nitrogens is 2. The molecule has 0 spiro atoms. The first-order chi connectivity index (χ1) is 7.49. The van der Waals surface area contributed by atoms with E-state index in [-0.39, 0.29) is 5.56 Å². The minimum Gasteiger partial charge on any atom is -0.390 e. The molecular formula is C11H17N3O2. The van der Waals surface area contributed by atoms with Crippen molar-refractivity contribution >= 4 is 5.82 Å². The molecule has 16 heavy (non-hydrogen) atoms. The molecule has 0 radical (unpaired) electrons. The van der Waals surface area contributed by atoms with E-state index in [1.807, 2.05) is 11.8 Å². The molecule has 0 bridgehead atoms. The highest BCUT2D eigenvalue weighted by atomic mass is 16.3. The Labute approximate surface area is 94.3 Å². The average molecular weight is 223 g/mol. The van der Waals surface area contributed by atoms with Crippen molar-refractivity contribution in [2.75, 3.05) is 18.0 Å². The first kappa shape index (κ1) is 11.1. The second-order valence-corrected chi connectivity index (χ2v) is 4.65. The quantitative estimate of drug-likeness (QED) is 0.735. The highest BCUT2D eigenvalue weighted by molar-refractivity contribution is 5.36.